The second-order valence-electron chi connectivity index (χ2n) is 5.51. The average molecular weight is 271 g/mol. The van der Waals surface area contributed by atoms with Gasteiger partial charge >= 0.3 is 0 Å². The van der Waals surface area contributed by atoms with E-state index < -0.39 is 5.60 Å². The second-order valence-corrected chi connectivity index (χ2v) is 6.92. The van der Waals surface area contributed by atoms with Crippen molar-refractivity contribution in [3.63, 3.8) is 0 Å². The van der Waals surface area contributed by atoms with Gasteiger partial charge in [0.2, 0.25) is 0 Å². The van der Waals surface area contributed by atoms with Crippen molar-refractivity contribution in [3.05, 3.63) is 15.6 Å². The molecule has 1 aromatic rings. The van der Waals surface area contributed by atoms with E-state index in [1.165, 1.54) is 4.88 Å². The Labute approximate surface area is 114 Å². The van der Waals surface area contributed by atoms with Crippen molar-refractivity contribution in [3.8, 4) is 0 Å². The van der Waals surface area contributed by atoms with Gasteiger partial charge in [-0.3, -0.25) is 0 Å². The van der Waals surface area contributed by atoms with Crippen molar-refractivity contribution in [2.75, 3.05) is 27.2 Å². The first-order valence-electron chi connectivity index (χ1n) is 6.26. The largest absolute Gasteiger partial charge is 0.388 e. The highest BCUT2D eigenvalue weighted by Gasteiger charge is 2.23. The highest BCUT2D eigenvalue weighted by Crippen LogP contribution is 2.22. The van der Waals surface area contributed by atoms with Gasteiger partial charge in [-0.2, -0.15) is 0 Å². The van der Waals surface area contributed by atoms with E-state index in [9.17, 15) is 5.11 Å². The van der Waals surface area contributed by atoms with Crippen LogP contribution in [-0.4, -0.2) is 47.8 Å². The van der Waals surface area contributed by atoms with Gasteiger partial charge in [0.05, 0.1) is 16.3 Å². The van der Waals surface area contributed by atoms with Crippen LogP contribution in [0.25, 0.3) is 0 Å². The van der Waals surface area contributed by atoms with E-state index in [0.29, 0.717) is 13.1 Å². The summed E-state index contributed by atoms with van der Waals surface area (Å²) in [6, 6.07) is 0.170. The highest BCUT2D eigenvalue weighted by atomic mass is 32.1. The molecule has 5 heteroatoms. The molecule has 0 aliphatic heterocycles. The van der Waals surface area contributed by atoms with Crippen LogP contribution in [0.5, 0.6) is 0 Å². The predicted molar refractivity (Wildman–Crippen MR) is 77.2 cm³/mol. The molecular weight excluding hydrogens is 246 g/mol. The van der Waals surface area contributed by atoms with E-state index in [4.69, 9.17) is 0 Å². The van der Waals surface area contributed by atoms with Crippen LogP contribution in [0, 0.1) is 13.8 Å². The lowest BCUT2D eigenvalue weighted by Gasteiger charge is -2.28. The zero-order valence-corrected chi connectivity index (χ0v) is 13.1. The number of aromatic nitrogens is 1. The Morgan fingerprint density at radius 3 is 2.50 bits per heavy atom. The third-order valence-corrected chi connectivity index (χ3v) is 3.70. The van der Waals surface area contributed by atoms with Gasteiger partial charge < -0.3 is 15.3 Å². The van der Waals surface area contributed by atoms with Gasteiger partial charge in [0, 0.05) is 24.0 Å². The summed E-state index contributed by atoms with van der Waals surface area (Å²) in [6.45, 7) is 9.26. The molecule has 0 bridgehead atoms. The number of nitrogens with one attached hydrogen (secondary N) is 1. The van der Waals surface area contributed by atoms with Crippen molar-refractivity contribution in [1.82, 2.24) is 15.2 Å². The van der Waals surface area contributed by atoms with Crippen LogP contribution in [0.1, 0.15) is 35.5 Å². The molecule has 104 valence electrons. The third kappa shape index (κ3) is 4.65. The predicted octanol–water partition coefficient (Wildman–Crippen LogP) is 1.72. The van der Waals surface area contributed by atoms with Gasteiger partial charge in [-0.1, -0.05) is 0 Å². The SMILES string of the molecule is Cc1nc(C(C)NCC(C)(O)CN(C)C)c(C)s1. The first-order valence-corrected chi connectivity index (χ1v) is 7.07. The van der Waals surface area contributed by atoms with Crippen LogP contribution in [0.15, 0.2) is 0 Å². The smallest absolute Gasteiger partial charge is 0.0900 e. The highest BCUT2D eigenvalue weighted by molar-refractivity contribution is 7.11. The summed E-state index contributed by atoms with van der Waals surface area (Å²) in [5.41, 5.74) is 0.370. The number of aliphatic hydroxyl groups is 1. The van der Waals surface area contributed by atoms with Gasteiger partial charge in [0.1, 0.15) is 0 Å². The van der Waals surface area contributed by atoms with Crippen LogP contribution in [0.2, 0.25) is 0 Å². The fourth-order valence-corrected chi connectivity index (χ4v) is 3.07. The summed E-state index contributed by atoms with van der Waals surface area (Å²) in [4.78, 5) is 7.78. The number of thiazole rings is 1. The minimum absolute atomic E-state index is 0.170. The molecule has 1 aromatic heterocycles. The lowest BCUT2D eigenvalue weighted by atomic mass is 10.1. The number of likely N-dealkylation sites (N-methyl/N-ethyl adjacent to an activating group) is 1. The van der Waals surface area contributed by atoms with Crippen molar-refractivity contribution in [2.24, 2.45) is 0 Å². The van der Waals surface area contributed by atoms with Gasteiger partial charge in [-0.05, 0) is 41.8 Å². The van der Waals surface area contributed by atoms with E-state index >= 15 is 0 Å². The molecule has 0 aromatic carbocycles. The quantitative estimate of drug-likeness (QED) is 0.827. The molecule has 2 atom stereocenters. The molecular formula is C13H25N3OS. The maximum Gasteiger partial charge on any atom is 0.0900 e. The number of nitrogens with zero attached hydrogens (tertiary/aromatic N) is 2. The second kappa shape index (κ2) is 6.10. The van der Waals surface area contributed by atoms with Crippen LogP contribution >= 0.6 is 11.3 Å². The summed E-state index contributed by atoms with van der Waals surface area (Å²) in [6.07, 6.45) is 0. The monoisotopic (exact) mass is 271 g/mol. The minimum atomic E-state index is -0.725. The normalized spacial score (nSPS) is 16.9. The van der Waals surface area contributed by atoms with Crippen molar-refractivity contribution in [1.29, 1.82) is 0 Å². The van der Waals surface area contributed by atoms with Gasteiger partial charge in [-0.15, -0.1) is 11.3 Å². The minimum Gasteiger partial charge on any atom is -0.388 e. The molecule has 1 rings (SSSR count). The van der Waals surface area contributed by atoms with E-state index in [1.807, 2.05) is 32.8 Å². The Balaban J connectivity index is 2.55. The van der Waals surface area contributed by atoms with E-state index in [2.05, 4.69) is 24.1 Å². The van der Waals surface area contributed by atoms with E-state index in [-0.39, 0.29) is 6.04 Å². The molecule has 4 nitrogen and oxygen atoms in total. The molecule has 0 amide bonds. The van der Waals surface area contributed by atoms with Crippen molar-refractivity contribution < 1.29 is 5.11 Å². The Morgan fingerprint density at radius 1 is 1.44 bits per heavy atom. The van der Waals surface area contributed by atoms with Crippen molar-refractivity contribution >= 4 is 11.3 Å². The maximum atomic E-state index is 10.2. The number of hydrogen-bond acceptors (Lipinski definition) is 5. The average Bonchev–Trinajstić information content (AvgIpc) is 2.52. The molecule has 0 radical (unpaired) electrons. The zero-order chi connectivity index (χ0) is 13.9. The molecule has 2 unspecified atom stereocenters. The summed E-state index contributed by atoms with van der Waals surface area (Å²) >= 11 is 1.72. The maximum absolute atomic E-state index is 10.2. The summed E-state index contributed by atoms with van der Waals surface area (Å²) < 4.78 is 0. The standard InChI is InChI=1S/C13H25N3OS/c1-9(12-10(2)18-11(3)15-12)14-7-13(4,17)8-16(5)6/h9,14,17H,7-8H2,1-6H3. The lowest BCUT2D eigenvalue weighted by Crippen LogP contribution is -2.46. The summed E-state index contributed by atoms with van der Waals surface area (Å²) in [7, 11) is 3.93. The molecule has 0 fully saturated rings. The summed E-state index contributed by atoms with van der Waals surface area (Å²) in [5.74, 6) is 0. The lowest BCUT2D eigenvalue weighted by molar-refractivity contribution is 0.0316. The summed E-state index contributed by atoms with van der Waals surface area (Å²) in [5, 5.41) is 14.7. The Kier molecular flexibility index (Phi) is 5.28. The molecule has 0 spiro atoms. The molecule has 0 aliphatic carbocycles. The molecule has 18 heavy (non-hydrogen) atoms. The van der Waals surface area contributed by atoms with Gasteiger partial charge in [0.25, 0.3) is 0 Å². The molecule has 0 saturated heterocycles. The van der Waals surface area contributed by atoms with Crippen LogP contribution in [0.3, 0.4) is 0 Å². The van der Waals surface area contributed by atoms with Crippen LogP contribution < -0.4 is 5.32 Å². The fraction of sp³-hybridized carbons (Fsp3) is 0.769. The molecule has 1 heterocycles. The fourth-order valence-electron chi connectivity index (χ4n) is 2.15. The van der Waals surface area contributed by atoms with Gasteiger partial charge in [0.15, 0.2) is 0 Å². The first kappa shape index (κ1) is 15.6. The Bertz CT molecular complexity index is 388. The Morgan fingerprint density at radius 2 is 2.06 bits per heavy atom. The van der Waals surface area contributed by atoms with Crippen LogP contribution in [-0.2, 0) is 0 Å². The first-order chi connectivity index (χ1) is 8.21. The number of rotatable bonds is 6. The molecule has 0 aliphatic rings. The van der Waals surface area contributed by atoms with Crippen LogP contribution in [0.4, 0.5) is 0 Å². The Hall–Kier alpha value is -0.490. The number of hydrogen-bond donors (Lipinski definition) is 2. The molecule has 2 N–H and O–H groups in total. The topological polar surface area (TPSA) is 48.4 Å². The number of aryl methyl sites for hydroxylation is 2. The van der Waals surface area contributed by atoms with E-state index in [1.54, 1.807) is 11.3 Å². The van der Waals surface area contributed by atoms with E-state index in [0.717, 1.165) is 10.7 Å². The molecule has 0 saturated carbocycles. The van der Waals surface area contributed by atoms with Crippen molar-refractivity contribution in [2.45, 2.75) is 39.3 Å². The zero-order valence-electron chi connectivity index (χ0n) is 12.2. The third-order valence-electron chi connectivity index (χ3n) is 2.80. The van der Waals surface area contributed by atoms with Gasteiger partial charge in [-0.25, -0.2) is 4.98 Å².